The predicted molar refractivity (Wildman–Crippen MR) is 123 cm³/mol. The molecule has 0 radical (unpaired) electrons. The van der Waals surface area contributed by atoms with Gasteiger partial charge in [-0.15, -0.1) is 0 Å². The highest BCUT2D eigenvalue weighted by Gasteiger charge is 2.55. The summed E-state index contributed by atoms with van der Waals surface area (Å²) < 4.78 is 5.23. The first-order chi connectivity index (χ1) is 15.0. The molecule has 1 saturated heterocycles. The molecule has 1 aliphatic rings. The summed E-state index contributed by atoms with van der Waals surface area (Å²) >= 11 is 0. The molecule has 4 rings (SSSR count). The average Bonchev–Trinajstić information content (AvgIpc) is 2.79. The number of β-lactam (4-membered cyclic amide) rings is 1. The van der Waals surface area contributed by atoms with E-state index in [4.69, 9.17) is 4.74 Å². The van der Waals surface area contributed by atoms with Gasteiger partial charge in [-0.2, -0.15) is 0 Å². The Balaban J connectivity index is 1.73. The van der Waals surface area contributed by atoms with Crippen molar-refractivity contribution < 1.29 is 14.3 Å². The van der Waals surface area contributed by atoms with E-state index in [1.807, 2.05) is 73.7 Å². The van der Waals surface area contributed by atoms with Gasteiger partial charge in [0.2, 0.25) is 5.91 Å². The number of methoxy groups -OCH3 is 1. The fourth-order valence-electron chi connectivity index (χ4n) is 3.76. The lowest BCUT2D eigenvalue weighted by molar-refractivity contribution is -0.134. The predicted octanol–water partition coefficient (Wildman–Crippen LogP) is 4.83. The Kier molecular flexibility index (Phi) is 5.58. The number of para-hydroxylation sites is 1. The number of ether oxygens (including phenoxy) is 1. The summed E-state index contributed by atoms with van der Waals surface area (Å²) in [4.78, 5) is 27.8. The standard InChI is InChI=1S/C26H24N2O3/c1-19-8-6-7-11-23(19)27-25(30)26(17-16-20-9-4-3-5-10-20)18-24(29)28(26)21-12-14-22(31-2)15-13-21/h3-17H,18H2,1-2H3,(H,27,30)/b17-16+. The topological polar surface area (TPSA) is 58.6 Å². The molecule has 1 fully saturated rings. The molecule has 3 aromatic carbocycles. The van der Waals surface area contributed by atoms with Gasteiger partial charge in [-0.25, -0.2) is 0 Å². The minimum Gasteiger partial charge on any atom is -0.497 e. The Morgan fingerprint density at radius 3 is 2.32 bits per heavy atom. The molecule has 1 aliphatic heterocycles. The van der Waals surface area contributed by atoms with E-state index in [9.17, 15) is 9.59 Å². The van der Waals surface area contributed by atoms with Crippen LogP contribution in [-0.2, 0) is 9.59 Å². The molecule has 0 saturated carbocycles. The van der Waals surface area contributed by atoms with Crippen LogP contribution in [0.1, 0.15) is 17.5 Å². The van der Waals surface area contributed by atoms with Crippen molar-refractivity contribution in [3.05, 3.63) is 96.1 Å². The number of rotatable bonds is 6. The van der Waals surface area contributed by atoms with Gasteiger partial charge in [-0.1, -0.05) is 54.6 Å². The zero-order valence-electron chi connectivity index (χ0n) is 17.5. The lowest BCUT2D eigenvalue weighted by Gasteiger charge is -2.48. The maximum absolute atomic E-state index is 13.6. The van der Waals surface area contributed by atoms with Gasteiger partial charge in [-0.05, 0) is 54.5 Å². The van der Waals surface area contributed by atoms with Crippen molar-refractivity contribution in [3.8, 4) is 5.75 Å². The summed E-state index contributed by atoms with van der Waals surface area (Å²) in [5.41, 5.74) is 2.17. The summed E-state index contributed by atoms with van der Waals surface area (Å²) in [5, 5.41) is 3.02. The maximum Gasteiger partial charge on any atom is 0.255 e. The first-order valence-electron chi connectivity index (χ1n) is 10.1. The molecule has 1 heterocycles. The van der Waals surface area contributed by atoms with Crippen LogP contribution >= 0.6 is 0 Å². The highest BCUT2D eigenvalue weighted by molar-refractivity contribution is 6.18. The second-order valence-corrected chi connectivity index (χ2v) is 7.54. The number of aryl methyl sites for hydroxylation is 1. The van der Waals surface area contributed by atoms with Crippen molar-refractivity contribution in [2.45, 2.75) is 18.9 Å². The first kappa shape index (κ1) is 20.4. The molecule has 3 aromatic rings. The van der Waals surface area contributed by atoms with Crippen LogP contribution in [0.15, 0.2) is 84.9 Å². The molecule has 1 N–H and O–H groups in total. The van der Waals surface area contributed by atoms with E-state index in [2.05, 4.69) is 5.32 Å². The second-order valence-electron chi connectivity index (χ2n) is 7.54. The summed E-state index contributed by atoms with van der Waals surface area (Å²) in [7, 11) is 1.59. The van der Waals surface area contributed by atoms with E-state index in [-0.39, 0.29) is 18.2 Å². The number of hydrogen-bond donors (Lipinski definition) is 1. The molecule has 1 atom stereocenters. The van der Waals surface area contributed by atoms with Crippen LogP contribution in [0.3, 0.4) is 0 Å². The van der Waals surface area contributed by atoms with Gasteiger partial charge in [0, 0.05) is 11.4 Å². The van der Waals surface area contributed by atoms with Crippen LogP contribution in [0.2, 0.25) is 0 Å². The Morgan fingerprint density at radius 1 is 1.00 bits per heavy atom. The normalized spacial score (nSPS) is 18.0. The van der Waals surface area contributed by atoms with Gasteiger partial charge >= 0.3 is 0 Å². The number of benzene rings is 3. The molecule has 0 bridgehead atoms. The van der Waals surface area contributed by atoms with Crippen molar-refractivity contribution >= 4 is 29.3 Å². The third-order valence-corrected chi connectivity index (χ3v) is 5.54. The average molecular weight is 412 g/mol. The van der Waals surface area contributed by atoms with Crippen LogP contribution < -0.4 is 15.0 Å². The number of amides is 2. The largest absolute Gasteiger partial charge is 0.497 e. The molecule has 5 nitrogen and oxygen atoms in total. The Hall–Kier alpha value is -3.86. The van der Waals surface area contributed by atoms with Gasteiger partial charge in [0.1, 0.15) is 5.75 Å². The first-order valence-corrected chi connectivity index (χ1v) is 10.1. The van der Waals surface area contributed by atoms with Gasteiger partial charge < -0.3 is 10.1 Å². The van der Waals surface area contributed by atoms with Crippen molar-refractivity contribution in [3.63, 3.8) is 0 Å². The molecule has 5 heteroatoms. The summed E-state index contributed by atoms with van der Waals surface area (Å²) in [6.07, 6.45) is 3.81. The van der Waals surface area contributed by atoms with Crippen molar-refractivity contribution in [2.75, 3.05) is 17.3 Å². The molecule has 0 spiro atoms. The Bertz CT molecular complexity index is 1120. The molecule has 2 amide bonds. The quantitative estimate of drug-likeness (QED) is 0.590. The molecule has 0 aliphatic carbocycles. The summed E-state index contributed by atoms with van der Waals surface area (Å²) in [6, 6.07) is 24.5. The zero-order valence-corrected chi connectivity index (χ0v) is 17.5. The van der Waals surface area contributed by atoms with E-state index < -0.39 is 5.54 Å². The Morgan fingerprint density at radius 2 is 1.68 bits per heavy atom. The highest BCUT2D eigenvalue weighted by Crippen LogP contribution is 2.40. The SMILES string of the molecule is COc1ccc(N2C(=O)CC2(/C=C/c2ccccc2)C(=O)Nc2ccccc2C)cc1. The lowest BCUT2D eigenvalue weighted by atomic mass is 9.81. The third kappa shape index (κ3) is 3.94. The molecule has 0 aromatic heterocycles. The van der Waals surface area contributed by atoms with E-state index >= 15 is 0 Å². The van der Waals surface area contributed by atoms with Crippen LogP contribution in [0.25, 0.3) is 6.08 Å². The maximum atomic E-state index is 13.6. The smallest absolute Gasteiger partial charge is 0.255 e. The lowest BCUT2D eigenvalue weighted by Crippen LogP contribution is -2.68. The number of hydrogen-bond acceptors (Lipinski definition) is 3. The summed E-state index contributed by atoms with van der Waals surface area (Å²) in [6.45, 7) is 1.94. The molecular weight excluding hydrogens is 388 g/mol. The van der Waals surface area contributed by atoms with Gasteiger partial charge in [0.05, 0.1) is 13.5 Å². The number of nitrogens with one attached hydrogen (secondary N) is 1. The van der Waals surface area contributed by atoms with Crippen LogP contribution in [0.5, 0.6) is 5.75 Å². The van der Waals surface area contributed by atoms with E-state index in [1.54, 1.807) is 36.3 Å². The van der Waals surface area contributed by atoms with Gasteiger partial charge in [-0.3, -0.25) is 14.5 Å². The zero-order chi connectivity index (χ0) is 21.8. The van der Waals surface area contributed by atoms with Gasteiger partial charge in [0.15, 0.2) is 5.54 Å². The summed E-state index contributed by atoms with van der Waals surface area (Å²) in [5.74, 6) is 0.332. The van der Waals surface area contributed by atoms with E-state index in [1.165, 1.54) is 0 Å². The molecule has 1 unspecified atom stereocenters. The Labute approximate surface area is 182 Å². The van der Waals surface area contributed by atoms with Crippen molar-refractivity contribution in [2.24, 2.45) is 0 Å². The number of nitrogens with zero attached hydrogens (tertiary/aromatic N) is 1. The minimum atomic E-state index is -1.12. The van der Waals surface area contributed by atoms with Crippen LogP contribution in [0.4, 0.5) is 11.4 Å². The minimum absolute atomic E-state index is 0.0973. The van der Waals surface area contributed by atoms with Crippen molar-refractivity contribution in [1.82, 2.24) is 0 Å². The number of carbonyl (C=O) groups excluding carboxylic acids is 2. The third-order valence-electron chi connectivity index (χ3n) is 5.54. The monoisotopic (exact) mass is 412 g/mol. The highest BCUT2D eigenvalue weighted by atomic mass is 16.5. The molecule has 156 valence electrons. The van der Waals surface area contributed by atoms with Crippen molar-refractivity contribution in [1.29, 1.82) is 0 Å². The van der Waals surface area contributed by atoms with E-state index in [0.29, 0.717) is 11.4 Å². The number of carbonyl (C=O) groups is 2. The molecule has 31 heavy (non-hydrogen) atoms. The second kappa shape index (κ2) is 8.48. The van der Waals surface area contributed by atoms with E-state index in [0.717, 1.165) is 16.8 Å². The van der Waals surface area contributed by atoms with Crippen LogP contribution in [0, 0.1) is 6.92 Å². The fraction of sp³-hybridized carbons (Fsp3) is 0.154. The fourth-order valence-corrected chi connectivity index (χ4v) is 3.76. The number of anilines is 2. The van der Waals surface area contributed by atoms with Crippen LogP contribution in [-0.4, -0.2) is 24.5 Å². The molecular formula is C26H24N2O3. The van der Waals surface area contributed by atoms with Gasteiger partial charge in [0.25, 0.3) is 5.91 Å².